The number of likely N-dealkylation sites (tertiary alicyclic amines) is 2. The number of nitriles is 1. The maximum Gasteiger partial charge on any atom is 0.222 e. The number of furan rings is 1. The molecule has 0 spiro atoms. The quantitative estimate of drug-likeness (QED) is 0.118. The van der Waals surface area contributed by atoms with Crippen molar-refractivity contribution >= 4 is 34.4 Å². The third-order valence-electron chi connectivity index (χ3n) is 6.26. The Balaban J connectivity index is 0.000000265. The smallest absolute Gasteiger partial charge is 0.222 e. The van der Waals surface area contributed by atoms with Gasteiger partial charge in [-0.2, -0.15) is 5.26 Å². The number of terminal acetylenes is 1. The van der Waals surface area contributed by atoms with E-state index in [-0.39, 0.29) is 17.8 Å². The van der Waals surface area contributed by atoms with E-state index in [9.17, 15) is 9.59 Å². The van der Waals surface area contributed by atoms with Crippen molar-refractivity contribution in [2.24, 2.45) is 10.7 Å². The predicted molar refractivity (Wildman–Crippen MR) is 153 cm³/mol. The number of nitrogens with two attached hydrogens (primary N) is 1. The summed E-state index contributed by atoms with van der Waals surface area (Å²) in [5, 5.41) is 14.9. The summed E-state index contributed by atoms with van der Waals surface area (Å²) in [6, 6.07) is 7.36. The van der Waals surface area contributed by atoms with E-state index in [4.69, 9.17) is 15.4 Å². The van der Waals surface area contributed by atoms with Crippen molar-refractivity contribution in [1.82, 2.24) is 20.4 Å². The Morgan fingerprint density at radius 1 is 1.13 bits per heavy atom. The molecule has 10 nitrogen and oxygen atoms in total. The van der Waals surface area contributed by atoms with Gasteiger partial charge in [0.05, 0.1) is 12.2 Å². The molecular formula is C29H39N7O3. The van der Waals surface area contributed by atoms with Crippen LogP contribution in [-0.2, 0) is 9.59 Å². The molecule has 0 aliphatic carbocycles. The number of amides is 2. The molecule has 0 atom stereocenters. The van der Waals surface area contributed by atoms with E-state index in [2.05, 4.69) is 35.1 Å². The lowest BCUT2D eigenvalue weighted by Crippen LogP contribution is -2.35. The van der Waals surface area contributed by atoms with Gasteiger partial charge in [-0.25, -0.2) is 4.99 Å². The minimum absolute atomic E-state index is 0.0714. The summed E-state index contributed by atoms with van der Waals surface area (Å²) in [5.74, 6) is 1.45. The number of carbonyl (C=O) groups is 2. The van der Waals surface area contributed by atoms with Crippen molar-refractivity contribution in [1.29, 1.82) is 5.26 Å². The van der Waals surface area contributed by atoms with E-state index in [0.29, 0.717) is 25.1 Å². The number of carbonyl (C=O) groups excluding carboxylic acids is 2. The third-order valence-corrected chi connectivity index (χ3v) is 6.26. The fourth-order valence-corrected chi connectivity index (χ4v) is 4.42. The Morgan fingerprint density at radius 2 is 1.85 bits per heavy atom. The predicted octanol–water partition coefficient (Wildman–Crippen LogP) is 3.51. The summed E-state index contributed by atoms with van der Waals surface area (Å²) in [4.78, 5) is 31.2. The normalized spacial score (nSPS) is 15.4. The zero-order valence-corrected chi connectivity index (χ0v) is 22.7. The van der Waals surface area contributed by atoms with Crippen molar-refractivity contribution < 1.29 is 14.0 Å². The molecule has 0 saturated carbocycles. The van der Waals surface area contributed by atoms with Crippen molar-refractivity contribution in [2.45, 2.75) is 51.9 Å². The molecule has 0 radical (unpaired) electrons. The summed E-state index contributed by atoms with van der Waals surface area (Å²) in [7, 11) is 0. The number of hydrogen-bond donors (Lipinski definition) is 3. The number of aryl methyl sites for hydroxylation is 1. The molecule has 2 amide bonds. The lowest BCUT2D eigenvalue weighted by atomic mass is 10.2. The van der Waals surface area contributed by atoms with Crippen molar-refractivity contribution in [3.8, 4) is 19.0 Å². The standard InChI is InChI=1S/C16H27N3O2.C11H10N4O.C2H2/c1-14(13-19-10-4-2-3-7-16(19)21)17-9-6-12-18-11-5-8-15(18)20;1-7-4-8-5-9(2-3-10(8)16-7)15-11(13)14-6-12;1-2/h17H,1-13H2;2-5H,1H3,(H3,13,14,15);1-2H. The van der Waals surface area contributed by atoms with E-state index in [1.165, 1.54) is 0 Å². The molecule has 1 aromatic carbocycles. The van der Waals surface area contributed by atoms with Crippen LogP contribution in [-0.4, -0.2) is 60.3 Å². The molecule has 4 rings (SSSR count). The first-order chi connectivity index (χ1) is 18.9. The zero-order chi connectivity index (χ0) is 28.6. The lowest BCUT2D eigenvalue weighted by molar-refractivity contribution is -0.130. The second-order valence-corrected chi connectivity index (χ2v) is 9.31. The van der Waals surface area contributed by atoms with Crippen LogP contribution < -0.4 is 16.4 Å². The molecule has 208 valence electrons. The number of nitrogens with one attached hydrogen (secondary N) is 2. The van der Waals surface area contributed by atoms with Gasteiger partial charge in [0, 0.05) is 50.1 Å². The minimum Gasteiger partial charge on any atom is -0.461 e. The average Bonchev–Trinajstić information content (AvgIpc) is 3.44. The molecule has 39 heavy (non-hydrogen) atoms. The van der Waals surface area contributed by atoms with Crippen LogP contribution in [0.15, 0.2) is 46.0 Å². The number of fused-ring (bicyclic) bond motifs is 1. The molecule has 4 N–H and O–H groups in total. The Morgan fingerprint density at radius 3 is 2.56 bits per heavy atom. The molecule has 2 aromatic rings. The van der Waals surface area contributed by atoms with Crippen LogP contribution in [0, 0.1) is 31.2 Å². The number of benzene rings is 1. The van der Waals surface area contributed by atoms with E-state index in [1.807, 2.05) is 34.9 Å². The molecule has 2 fully saturated rings. The van der Waals surface area contributed by atoms with Crippen LogP contribution in [0.5, 0.6) is 0 Å². The molecule has 0 bridgehead atoms. The monoisotopic (exact) mass is 533 g/mol. The molecule has 2 aliphatic heterocycles. The highest BCUT2D eigenvalue weighted by molar-refractivity contribution is 5.86. The maximum atomic E-state index is 11.9. The second-order valence-electron chi connectivity index (χ2n) is 9.31. The van der Waals surface area contributed by atoms with Crippen LogP contribution in [0.4, 0.5) is 5.69 Å². The average molecular weight is 534 g/mol. The summed E-state index contributed by atoms with van der Waals surface area (Å²) >= 11 is 0. The zero-order valence-electron chi connectivity index (χ0n) is 22.7. The van der Waals surface area contributed by atoms with Crippen molar-refractivity contribution in [3.05, 3.63) is 42.3 Å². The van der Waals surface area contributed by atoms with Crippen LogP contribution in [0.3, 0.4) is 0 Å². The lowest BCUT2D eigenvalue weighted by Gasteiger charge is -2.22. The highest BCUT2D eigenvalue weighted by atomic mass is 16.3. The van der Waals surface area contributed by atoms with Crippen LogP contribution in [0.25, 0.3) is 11.0 Å². The van der Waals surface area contributed by atoms with Crippen LogP contribution >= 0.6 is 0 Å². The Hall–Kier alpha value is -4.44. The van der Waals surface area contributed by atoms with Gasteiger partial charge in [-0.05, 0) is 56.9 Å². The number of rotatable bonds is 8. The topological polar surface area (TPSA) is 140 Å². The van der Waals surface area contributed by atoms with Gasteiger partial charge >= 0.3 is 0 Å². The number of hydrogen-bond acceptors (Lipinski definition) is 6. The summed E-state index contributed by atoms with van der Waals surface area (Å²) < 4.78 is 5.43. The SMILES string of the molecule is C#C.C=C(CN1CCCCCC1=O)NCCCN1CCCC1=O.Cc1cc2cc(N=C(N)NC#N)ccc2o1. The summed E-state index contributed by atoms with van der Waals surface area (Å²) in [6.07, 6.45) is 16.3. The highest BCUT2D eigenvalue weighted by Gasteiger charge is 2.19. The first-order valence-electron chi connectivity index (χ1n) is 13.2. The minimum atomic E-state index is 0.0714. The maximum absolute atomic E-state index is 11.9. The van der Waals surface area contributed by atoms with E-state index >= 15 is 0 Å². The number of guanidine groups is 1. The van der Waals surface area contributed by atoms with Gasteiger partial charge in [0.1, 0.15) is 11.3 Å². The largest absolute Gasteiger partial charge is 0.461 e. The fourth-order valence-electron chi connectivity index (χ4n) is 4.42. The van der Waals surface area contributed by atoms with E-state index < -0.39 is 0 Å². The third kappa shape index (κ3) is 10.4. The van der Waals surface area contributed by atoms with E-state index in [1.54, 1.807) is 12.3 Å². The molecule has 1 aromatic heterocycles. The highest BCUT2D eigenvalue weighted by Crippen LogP contribution is 2.24. The van der Waals surface area contributed by atoms with Crippen molar-refractivity contribution in [3.63, 3.8) is 0 Å². The first-order valence-corrected chi connectivity index (χ1v) is 13.2. The van der Waals surface area contributed by atoms with Crippen LogP contribution in [0.1, 0.15) is 50.7 Å². The van der Waals surface area contributed by atoms with Gasteiger partial charge < -0.3 is 25.3 Å². The molecule has 2 saturated heterocycles. The molecule has 0 unspecified atom stereocenters. The van der Waals surface area contributed by atoms with Gasteiger partial charge in [0.25, 0.3) is 0 Å². The molecule has 3 heterocycles. The Kier molecular flexibility index (Phi) is 13.0. The molecule has 10 heteroatoms. The van der Waals surface area contributed by atoms with Gasteiger partial charge in [0.15, 0.2) is 6.19 Å². The second kappa shape index (κ2) is 16.4. The Bertz CT molecular complexity index is 1210. The van der Waals surface area contributed by atoms with Gasteiger partial charge in [-0.3, -0.25) is 14.9 Å². The molecule has 2 aliphatic rings. The number of nitrogens with zero attached hydrogens (tertiary/aromatic N) is 4. The fraction of sp³-hybridized carbons (Fsp3) is 0.448. The van der Waals surface area contributed by atoms with Gasteiger partial charge in [-0.15, -0.1) is 12.8 Å². The Labute approximate surface area is 230 Å². The van der Waals surface area contributed by atoms with Crippen molar-refractivity contribution in [2.75, 3.05) is 32.7 Å². The van der Waals surface area contributed by atoms with Gasteiger partial charge in [-0.1, -0.05) is 13.0 Å². The first kappa shape index (κ1) is 30.8. The summed E-state index contributed by atoms with van der Waals surface area (Å²) in [6.45, 7) is 9.89. The van der Waals surface area contributed by atoms with E-state index in [0.717, 1.165) is 80.7 Å². The number of aliphatic imine (C=N–C) groups is 1. The summed E-state index contributed by atoms with van der Waals surface area (Å²) in [5.41, 5.74) is 7.84. The van der Waals surface area contributed by atoms with Crippen LogP contribution in [0.2, 0.25) is 0 Å². The molecular weight excluding hydrogens is 494 g/mol. The van der Waals surface area contributed by atoms with Gasteiger partial charge in [0.2, 0.25) is 17.8 Å².